The predicted octanol–water partition coefficient (Wildman–Crippen LogP) is 4.09. The van der Waals surface area contributed by atoms with Gasteiger partial charge < -0.3 is 0 Å². The highest BCUT2D eigenvalue weighted by molar-refractivity contribution is 5.96. The molecular weight excluding hydrogens is 244 g/mol. The van der Waals surface area contributed by atoms with Crippen LogP contribution in [0.3, 0.4) is 0 Å². The maximum atomic E-state index is 12.5. The Labute approximate surface area is 119 Å². The third-order valence-corrected chi connectivity index (χ3v) is 5.66. The minimum Gasteiger partial charge on any atom is -0.299 e. The highest BCUT2D eigenvalue weighted by Gasteiger charge is 2.80. The van der Waals surface area contributed by atoms with Gasteiger partial charge in [0.2, 0.25) is 0 Å². The lowest BCUT2D eigenvalue weighted by atomic mass is 9.87. The van der Waals surface area contributed by atoms with Gasteiger partial charge in [-0.05, 0) is 17.5 Å². The first-order valence-corrected chi connectivity index (χ1v) is 7.35. The second-order valence-corrected chi connectivity index (χ2v) is 6.31. The van der Waals surface area contributed by atoms with Crippen molar-refractivity contribution >= 4 is 5.78 Å². The van der Waals surface area contributed by atoms with Gasteiger partial charge in [0.1, 0.15) is 5.78 Å². The van der Waals surface area contributed by atoms with Crippen LogP contribution in [0.25, 0.3) is 0 Å². The van der Waals surface area contributed by atoms with Crippen LogP contribution in [0.15, 0.2) is 60.7 Å². The van der Waals surface area contributed by atoms with Gasteiger partial charge >= 0.3 is 0 Å². The standard InChI is InChI=1S/C19H18O/c1-18-16(20)12-13-19(18,15-10-6-3-7-11-15)17(18)14-8-4-2-5-9-14/h2-11,17H,12-13H2,1H3/t17-,18+,19+/m1/s1. The van der Waals surface area contributed by atoms with E-state index >= 15 is 0 Å². The number of benzene rings is 2. The Hall–Kier alpha value is -1.89. The molecule has 0 saturated heterocycles. The summed E-state index contributed by atoms with van der Waals surface area (Å²) in [7, 11) is 0. The molecule has 0 aliphatic heterocycles. The first-order chi connectivity index (χ1) is 9.71. The fourth-order valence-corrected chi connectivity index (χ4v) is 4.69. The summed E-state index contributed by atoms with van der Waals surface area (Å²) in [5.74, 6) is 0.787. The van der Waals surface area contributed by atoms with Crippen molar-refractivity contribution in [3.8, 4) is 0 Å². The van der Waals surface area contributed by atoms with Crippen molar-refractivity contribution < 1.29 is 4.79 Å². The molecule has 2 aliphatic rings. The molecule has 2 fully saturated rings. The Balaban J connectivity index is 1.88. The molecule has 0 spiro atoms. The zero-order chi connectivity index (χ0) is 13.8. The lowest BCUT2D eigenvalue weighted by molar-refractivity contribution is -0.122. The number of hydrogen-bond donors (Lipinski definition) is 0. The first-order valence-electron chi connectivity index (χ1n) is 7.35. The van der Waals surface area contributed by atoms with Crippen LogP contribution in [0, 0.1) is 5.41 Å². The Morgan fingerprint density at radius 2 is 1.55 bits per heavy atom. The molecule has 0 aromatic heterocycles. The molecular formula is C19H18O. The quantitative estimate of drug-likeness (QED) is 0.796. The predicted molar refractivity (Wildman–Crippen MR) is 79.7 cm³/mol. The molecule has 1 nitrogen and oxygen atoms in total. The Bertz CT molecular complexity index is 661. The maximum Gasteiger partial charge on any atom is 0.140 e. The van der Waals surface area contributed by atoms with Crippen LogP contribution in [0.5, 0.6) is 0 Å². The van der Waals surface area contributed by atoms with Crippen molar-refractivity contribution in [2.24, 2.45) is 5.41 Å². The summed E-state index contributed by atoms with van der Waals surface area (Å²) in [6.07, 6.45) is 1.72. The van der Waals surface area contributed by atoms with Gasteiger partial charge in [-0.2, -0.15) is 0 Å². The summed E-state index contributed by atoms with van der Waals surface area (Å²) in [6.45, 7) is 2.17. The Morgan fingerprint density at radius 1 is 0.950 bits per heavy atom. The molecule has 0 amide bonds. The minimum absolute atomic E-state index is 0.0344. The van der Waals surface area contributed by atoms with Crippen molar-refractivity contribution in [2.75, 3.05) is 0 Å². The first kappa shape index (κ1) is 11.9. The molecule has 20 heavy (non-hydrogen) atoms. The number of carbonyl (C=O) groups is 1. The third kappa shape index (κ3) is 1.21. The van der Waals surface area contributed by atoms with E-state index in [-0.39, 0.29) is 10.8 Å². The average Bonchev–Trinajstić information content (AvgIpc) is 2.98. The fourth-order valence-electron chi connectivity index (χ4n) is 4.69. The van der Waals surface area contributed by atoms with Gasteiger partial charge in [-0.25, -0.2) is 0 Å². The highest BCUT2D eigenvalue weighted by atomic mass is 16.1. The molecule has 2 saturated carbocycles. The van der Waals surface area contributed by atoms with Gasteiger partial charge in [-0.3, -0.25) is 4.79 Å². The van der Waals surface area contributed by atoms with Crippen molar-refractivity contribution in [1.82, 2.24) is 0 Å². The third-order valence-electron chi connectivity index (χ3n) is 5.66. The molecule has 0 N–H and O–H groups in total. The number of rotatable bonds is 2. The highest BCUT2D eigenvalue weighted by Crippen LogP contribution is 2.80. The van der Waals surface area contributed by atoms with E-state index in [1.807, 2.05) is 12.1 Å². The van der Waals surface area contributed by atoms with E-state index in [4.69, 9.17) is 0 Å². The summed E-state index contributed by atoms with van der Waals surface area (Å²) < 4.78 is 0. The monoisotopic (exact) mass is 262 g/mol. The SMILES string of the molecule is C[C@@]12C(=O)CC[C@]1(c1ccccc1)[C@@H]2c1ccccc1. The van der Waals surface area contributed by atoms with Crippen molar-refractivity contribution in [3.63, 3.8) is 0 Å². The summed E-state index contributed by atoms with van der Waals surface area (Å²) in [5, 5.41) is 0. The molecule has 1 heteroatoms. The molecule has 0 bridgehead atoms. The largest absolute Gasteiger partial charge is 0.299 e. The summed E-state index contributed by atoms with van der Waals surface area (Å²) in [5.41, 5.74) is 2.48. The van der Waals surface area contributed by atoms with Crippen LogP contribution in [0.2, 0.25) is 0 Å². The molecule has 0 radical (unpaired) electrons. The molecule has 2 aliphatic carbocycles. The van der Waals surface area contributed by atoms with Crippen LogP contribution in [-0.2, 0) is 10.2 Å². The topological polar surface area (TPSA) is 17.1 Å². The molecule has 3 atom stereocenters. The van der Waals surface area contributed by atoms with Crippen LogP contribution in [0.1, 0.15) is 36.8 Å². The Morgan fingerprint density at radius 3 is 2.20 bits per heavy atom. The van der Waals surface area contributed by atoms with Crippen LogP contribution >= 0.6 is 0 Å². The van der Waals surface area contributed by atoms with Crippen molar-refractivity contribution in [2.45, 2.75) is 31.1 Å². The van der Waals surface area contributed by atoms with E-state index < -0.39 is 0 Å². The smallest absolute Gasteiger partial charge is 0.140 e. The normalized spacial score (nSPS) is 34.9. The van der Waals surface area contributed by atoms with Crippen LogP contribution in [0.4, 0.5) is 0 Å². The molecule has 2 aromatic rings. The molecule has 0 unspecified atom stereocenters. The summed E-state index contributed by atoms with van der Waals surface area (Å²) in [4.78, 5) is 12.5. The Kier molecular flexibility index (Phi) is 2.27. The van der Waals surface area contributed by atoms with E-state index in [9.17, 15) is 4.79 Å². The van der Waals surface area contributed by atoms with Gasteiger partial charge in [0.15, 0.2) is 0 Å². The maximum absolute atomic E-state index is 12.5. The van der Waals surface area contributed by atoms with E-state index in [0.29, 0.717) is 11.7 Å². The van der Waals surface area contributed by atoms with E-state index in [2.05, 4.69) is 55.5 Å². The number of Topliss-reactive ketones (excluding diaryl/α,β-unsaturated/α-hetero) is 1. The lowest BCUT2D eigenvalue weighted by Crippen LogP contribution is -2.13. The average molecular weight is 262 g/mol. The summed E-state index contributed by atoms with van der Waals surface area (Å²) in [6, 6.07) is 21.2. The fraction of sp³-hybridized carbons (Fsp3) is 0.316. The van der Waals surface area contributed by atoms with Crippen LogP contribution < -0.4 is 0 Å². The second-order valence-electron chi connectivity index (χ2n) is 6.31. The zero-order valence-corrected chi connectivity index (χ0v) is 11.7. The number of ketones is 1. The number of hydrogen-bond acceptors (Lipinski definition) is 1. The van der Waals surface area contributed by atoms with Crippen molar-refractivity contribution in [1.29, 1.82) is 0 Å². The second kappa shape index (κ2) is 3.82. The van der Waals surface area contributed by atoms with Gasteiger partial charge in [0, 0.05) is 23.2 Å². The lowest BCUT2D eigenvalue weighted by Gasteiger charge is -2.15. The number of fused-ring (bicyclic) bond motifs is 1. The summed E-state index contributed by atoms with van der Waals surface area (Å²) >= 11 is 0. The number of carbonyl (C=O) groups excluding carboxylic acids is 1. The van der Waals surface area contributed by atoms with E-state index in [0.717, 1.165) is 12.8 Å². The molecule has 2 aromatic carbocycles. The minimum atomic E-state index is -0.199. The van der Waals surface area contributed by atoms with Gasteiger partial charge in [0.25, 0.3) is 0 Å². The van der Waals surface area contributed by atoms with Crippen LogP contribution in [-0.4, -0.2) is 5.78 Å². The van der Waals surface area contributed by atoms with Gasteiger partial charge in [-0.15, -0.1) is 0 Å². The molecule has 100 valence electrons. The molecule has 4 rings (SSSR count). The molecule has 0 heterocycles. The van der Waals surface area contributed by atoms with Gasteiger partial charge in [0.05, 0.1) is 0 Å². The van der Waals surface area contributed by atoms with Gasteiger partial charge in [-0.1, -0.05) is 67.6 Å². The van der Waals surface area contributed by atoms with E-state index in [1.54, 1.807) is 0 Å². The zero-order valence-electron chi connectivity index (χ0n) is 11.7. The van der Waals surface area contributed by atoms with Crippen molar-refractivity contribution in [3.05, 3.63) is 71.8 Å². The van der Waals surface area contributed by atoms with E-state index in [1.165, 1.54) is 11.1 Å².